The van der Waals surface area contributed by atoms with Crippen LogP contribution in [0.25, 0.3) is 0 Å². The van der Waals surface area contributed by atoms with Crippen LogP contribution in [0, 0.1) is 18.2 Å². The van der Waals surface area contributed by atoms with Crippen LogP contribution in [0.3, 0.4) is 0 Å². The highest BCUT2D eigenvalue weighted by molar-refractivity contribution is 5.50. The lowest BCUT2D eigenvalue weighted by Gasteiger charge is -2.23. The normalized spacial score (nSPS) is 11.9. The third-order valence-electron chi connectivity index (χ3n) is 2.61. The Labute approximate surface area is 103 Å². The fourth-order valence-corrected chi connectivity index (χ4v) is 1.73. The Hall–Kier alpha value is -1.53. The number of benzene rings is 1. The molecule has 1 atom stereocenters. The van der Waals surface area contributed by atoms with Gasteiger partial charge in [-0.25, -0.2) is 4.39 Å². The van der Waals surface area contributed by atoms with Crippen molar-refractivity contribution in [1.82, 2.24) is 0 Å². The van der Waals surface area contributed by atoms with Crippen LogP contribution in [0.2, 0.25) is 0 Å². The van der Waals surface area contributed by atoms with Gasteiger partial charge in [0, 0.05) is 12.6 Å². The van der Waals surface area contributed by atoms with Crippen LogP contribution in [-0.4, -0.2) is 13.1 Å². The molecule has 1 rings (SSSR count). The third-order valence-corrected chi connectivity index (χ3v) is 2.61. The van der Waals surface area contributed by atoms with Gasteiger partial charge in [0.05, 0.1) is 12.2 Å². The minimum Gasteiger partial charge on any atom is -0.358 e. The summed E-state index contributed by atoms with van der Waals surface area (Å²) in [6.07, 6.45) is 6.22. The van der Waals surface area contributed by atoms with E-state index in [0.717, 1.165) is 18.5 Å². The SMILES string of the molecule is C#CCN(CCC)c1ccc([C@@H](C)N)cc1F. The molecular weight excluding hydrogens is 215 g/mol. The van der Waals surface area contributed by atoms with Crippen molar-refractivity contribution in [2.45, 2.75) is 26.3 Å². The highest BCUT2D eigenvalue weighted by atomic mass is 19.1. The van der Waals surface area contributed by atoms with Crippen LogP contribution >= 0.6 is 0 Å². The van der Waals surface area contributed by atoms with Crippen molar-refractivity contribution in [3.63, 3.8) is 0 Å². The Morgan fingerprint density at radius 1 is 1.53 bits per heavy atom. The van der Waals surface area contributed by atoms with E-state index in [2.05, 4.69) is 5.92 Å². The third kappa shape index (κ3) is 3.47. The van der Waals surface area contributed by atoms with Crippen molar-refractivity contribution in [1.29, 1.82) is 0 Å². The monoisotopic (exact) mass is 234 g/mol. The van der Waals surface area contributed by atoms with Gasteiger partial charge in [-0.1, -0.05) is 18.9 Å². The zero-order valence-electron chi connectivity index (χ0n) is 10.4. The molecule has 1 aromatic rings. The number of rotatable bonds is 5. The van der Waals surface area contributed by atoms with E-state index in [1.54, 1.807) is 6.07 Å². The van der Waals surface area contributed by atoms with Crippen molar-refractivity contribution < 1.29 is 4.39 Å². The zero-order valence-corrected chi connectivity index (χ0v) is 10.4. The van der Waals surface area contributed by atoms with Gasteiger partial charge in [-0.15, -0.1) is 6.42 Å². The topological polar surface area (TPSA) is 29.3 Å². The first-order chi connectivity index (χ1) is 8.10. The number of halogens is 1. The Kier molecular flexibility index (Phi) is 4.99. The zero-order chi connectivity index (χ0) is 12.8. The largest absolute Gasteiger partial charge is 0.358 e. The number of terminal acetylenes is 1. The highest BCUT2D eigenvalue weighted by Crippen LogP contribution is 2.22. The summed E-state index contributed by atoms with van der Waals surface area (Å²) >= 11 is 0. The molecule has 1 aromatic carbocycles. The fourth-order valence-electron chi connectivity index (χ4n) is 1.73. The van der Waals surface area contributed by atoms with Crippen LogP contribution in [0.5, 0.6) is 0 Å². The summed E-state index contributed by atoms with van der Waals surface area (Å²) in [5.74, 6) is 2.29. The first-order valence-corrected chi connectivity index (χ1v) is 5.83. The summed E-state index contributed by atoms with van der Waals surface area (Å²) in [6, 6.07) is 4.92. The Bertz CT molecular complexity index is 407. The molecule has 0 amide bonds. The van der Waals surface area contributed by atoms with Gasteiger partial charge in [0.25, 0.3) is 0 Å². The van der Waals surface area contributed by atoms with E-state index in [0.29, 0.717) is 12.2 Å². The van der Waals surface area contributed by atoms with Gasteiger partial charge in [-0.2, -0.15) is 0 Å². The molecule has 0 radical (unpaired) electrons. The average molecular weight is 234 g/mol. The molecule has 0 aliphatic heterocycles. The van der Waals surface area contributed by atoms with Crippen molar-refractivity contribution in [3.05, 3.63) is 29.6 Å². The molecule has 0 fully saturated rings. The smallest absolute Gasteiger partial charge is 0.146 e. The second-order valence-electron chi connectivity index (χ2n) is 4.13. The van der Waals surface area contributed by atoms with Gasteiger partial charge in [-0.05, 0) is 31.0 Å². The van der Waals surface area contributed by atoms with E-state index in [1.807, 2.05) is 24.8 Å². The molecule has 2 nitrogen and oxygen atoms in total. The molecule has 17 heavy (non-hydrogen) atoms. The summed E-state index contributed by atoms with van der Waals surface area (Å²) < 4.78 is 13.9. The maximum atomic E-state index is 13.9. The van der Waals surface area contributed by atoms with Crippen LogP contribution in [0.15, 0.2) is 18.2 Å². The Morgan fingerprint density at radius 3 is 2.71 bits per heavy atom. The maximum absolute atomic E-state index is 13.9. The summed E-state index contributed by atoms with van der Waals surface area (Å²) in [5, 5.41) is 0. The van der Waals surface area contributed by atoms with E-state index in [1.165, 1.54) is 6.07 Å². The lowest BCUT2D eigenvalue weighted by molar-refractivity contribution is 0.614. The van der Waals surface area contributed by atoms with E-state index in [9.17, 15) is 4.39 Å². The molecule has 92 valence electrons. The van der Waals surface area contributed by atoms with Gasteiger partial charge in [-0.3, -0.25) is 0 Å². The summed E-state index contributed by atoms with van der Waals surface area (Å²) in [6.45, 7) is 5.04. The van der Waals surface area contributed by atoms with Crippen molar-refractivity contribution >= 4 is 5.69 Å². The van der Waals surface area contributed by atoms with Crippen LogP contribution in [0.1, 0.15) is 31.9 Å². The molecule has 0 bridgehead atoms. The number of anilines is 1. The molecule has 0 spiro atoms. The van der Waals surface area contributed by atoms with Gasteiger partial charge in [0.15, 0.2) is 0 Å². The molecule has 2 N–H and O–H groups in total. The molecular formula is C14H19FN2. The molecule has 3 heteroatoms. The predicted molar refractivity (Wildman–Crippen MR) is 70.3 cm³/mol. The van der Waals surface area contributed by atoms with E-state index >= 15 is 0 Å². The molecule has 0 aromatic heterocycles. The predicted octanol–water partition coefficient (Wildman–Crippen LogP) is 2.70. The molecule has 0 heterocycles. The standard InChI is InChI=1S/C14H19FN2/c1-4-8-17(9-5-2)14-7-6-12(11(3)16)10-13(14)15/h1,6-7,10-11H,5,8-9,16H2,2-3H3/t11-/m1/s1. The number of nitrogens with two attached hydrogens (primary N) is 1. The van der Waals surface area contributed by atoms with Gasteiger partial charge in [0.2, 0.25) is 0 Å². The first-order valence-electron chi connectivity index (χ1n) is 5.83. The summed E-state index contributed by atoms with van der Waals surface area (Å²) in [4.78, 5) is 1.86. The molecule has 0 aliphatic rings. The van der Waals surface area contributed by atoms with Gasteiger partial charge in [0.1, 0.15) is 5.82 Å². The Morgan fingerprint density at radius 2 is 2.24 bits per heavy atom. The molecule has 0 aliphatic carbocycles. The fraction of sp³-hybridized carbons (Fsp3) is 0.429. The minimum atomic E-state index is -0.261. The van der Waals surface area contributed by atoms with E-state index in [-0.39, 0.29) is 11.9 Å². The lowest BCUT2D eigenvalue weighted by Crippen LogP contribution is -2.25. The summed E-state index contributed by atoms with van der Waals surface area (Å²) in [7, 11) is 0. The van der Waals surface area contributed by atoms with Crippen LogP contribution in [-0.2, 0) is 0 Å². The van der Waals surface area contributed by atoms with E-state index < -0.39 is 0 Å². The first kappa shape index (κ1) is 13.5. The van der Waals surface area contributed by atoms with Gasteiger partial charge < -0.3 is 10.6 Å². The quantitative estimate of drug-likeness (QED) is 0.794. The molecule has 0 saturated carbocycles. The maximum Gasteiger partial charge on any atom is 0.146 e. The Balaban J connectivity index is 3.00. The van der Waals surface area contributed by atoms with Crippen molar-refractivity contribution in [2.24, 2.45) is 5.73 Å². The second kappa shape index (κ2) is 6.27. The average Bonchev–Trinajstić information content (AvgIpc) is 2.28. The molecule has 0 unspecified atom stereocenters. The minimum absolute atomic E-state index is 0.161. The van der Waals surface area contributed by atoms with Crippen molar-refractivity contribution in [3.8, 4) is 12.3 Å². The van der Waals surface area contributed by atoms with Crippen molar-refractivity contribution in [2.75, 3.05) is 18.0 Å². The van der Waals surface area contributed by atoms with Crippen LogP contribution in [0.4, 0.5) is 10.1 Å². The second-order valence-corrected chi connectivity index (χ2v) is 4.13. The number of nitrogens with zero attached hydrogens (tertiary/aromatic N) is 1. The number of hydrogen-bond donors (Lipinski definition) is 1. The lowest BCUT2D eigenvalue weighted by atomic mass is 10.1. The number of hydrogen-bond acceptors (Lipinski definition) is 2. The van der Waals surface area contributed by atoms with E-state index in [4.69, 9.17) is 12.2 Å². The molecule has 0 saturated heterocycles. The highest BCUT2D eigenvalue weighted by Gasteiger charge is 2.11. The van der Waals surface area contributed by atoms with Gasteiger partial charge >= 0.3 is 0 Å². The van der Waals surface area contributed by atoms with Crippen LogP contribution < -0.4 is 10.6 Å². The summed E-state index contributed by atoms with van der Waals surface area (Å²) in [5.41, 5.74) is 7.06.